The zero-order valence-electron chi connectivity index (χ0n) is 9.27. The molecule has 0 bridgehead atoms. The number of H-pyrrole nitrogens is 1. The normalized spacial score (nSPS) is 10.3. The Kier molecular flexibility index (Phi) is 3.19. The SMILES string of the molecule is COc1cc(Br)c(-c2n[nH]nc2C(N)=O)cc1O. The number of phenolic OH excluding ortho intramolecular Hbond substituents is 1. The summed E-state index contributed by atoms with van der Waals surface area (Å²) in [6.45, 7) is 0. The minimum absolute atomic E-state index is 0.000247. The van der Waals surface area contributed by atoms with Gasteiger partial charge in [-0.1, -0.05) is 0 Å². The number of nitrogens with zero attached hydrogens (tertiary/aromatic N) is 2. The van der Waals surface area contributed by atoms with Crippen molar-refractivity contribution in [3.8, 4) is 22.8 Å². The van der Waals surface area contributed by atoms with Crippen molar-refractivity contribution in [2.24, 2.45) is 5.73 Å². The quantitative estimate of drug-likeness (QED) is 0.783. The summed E-state index contributed by atoms with van der Waals surface area (Å²) < 4.78 is 5.55. The number of benzene rings is 1. The highest BCUT2D eigenvalue weighted by molar-refractivity contribution is 9.10. The average molecular weight is 313 g/mol. The van der Waals surface area contributed by atoms with Crippen LogP contribution in [0, 0.1) is 0 Å². The molecule has 0 fully saturated rings. The van der Waals surface area contributed by atoms with Crippen molar-refractivity contribution in [1.82, 2.24) is 15.4 Å². The van der Waals surface area contributed by atoms with Crippen LogP contribution < -0.4 is 10.5 Å². The van der Waals surface area contributed by atoms with Crippen LogP contribution in [0.25, 0.3) is 11.3 Å². The first-order chi connectivity index (χ1) is 8.54. The third kappa shape index (κ3) is 2.02. The van der Waals surface area contributed by atoms with Crippen LogP contribution in [0.2, 0.25) is 0 Å². The Morgan fingerprint density at radius 2 is 2.22 bits per heavy atom. The van der Waals surface area contributed by atoms with E-state index in [1.807, 2.05) is 0 Å². The van der Waals surface area contributed by atoms with Crippen molar-refractivity contribution in [2.75, 3.05) is 7.11 Å². The Balaban J connectivity index is 2.61. The monoisotopic (exact) mass is 312 g/mol. The number of phenols is 1. The predicted octanol–water partition coefficient (Wildman–Crippen LogP) is 1.05. The zero-order valence-corrected chi connectivity index (χ0v) is 10.9. The number of carbonyl (C=O) groups excluding carboxylic acids is 1. The van der Waals surface area contributed by atoms with Gasteiger partial charge in [0.15, 0.2) is 17.2 Å². The molecule has 2 aromatic rings. The van der Waals surface area contributed by atoms with Crippen molar-refractivity contribution < 1.29 is 14.6 Å². The Morgan fingerprint density at radius 1 is 1.50 bits per heavy atom. The lowest BCUT2D eigenvalue weighted by molar-refractivity contribution is 0.0996. The number of carbonyl (C=O) groups is 1. The van der Waals surface area contributed by atoms with Gasteiger partial charge in [0.05, 0.1) is 7.11 Å². The Hall–Kier alpha value is -2.09. The van der Waals surface area contributed by atoms with E-state index in [1.54, 1.807) is 6.07 Å². The number of ether oxygens (including phenoxy) is 1. The Labute approximate surface area is 110 Å². The van der Waals surface area contributed by atoms with Gasteiger partial charge in [0, 0.05) is 10.0 Å². The molecule has 8 heteroatoms. The first-order valence-corrected chi connectivity index (χ1v) is 5.61. The fourth-order valence-corrected chi connectivity index (χ4v) is 1.99. The summed E-state index contributed by atoms with van der Waals surface area (Å²) in [6, 6.07) is 2.97. The van der Waals surface area contributed by atoms with Gasteiger partial charge in [0.2, 0.25) is 0 Å². The summed E-state index contributed by atoms with van der Waals surface area (Å²) in [5.74, 6) is -0.482. The number of nitrogens with one attached hydrogen (secondary N) is 1. The summed E-state index contributed by atoms with van der Waals surface area (Å²) in [5.41, 5.74) is 5.92. The lowest BCUT2D eigenvalue weighted by atomic mass is 10.1. The molecule has 0 aliphatic rings. The maximum Gasteiger partial charge on any atom is 0.271 e. The molecule has 1 amide bonds. The van der Waals surface area contributed by atoms with Crippen LogP contribution in [0.1, 0.15) is 10.5 Å². The lowest BCUT2D eigenvalue weighted by Gasteiger charge is -2.07. The van der Waals surface area contributed by atoms with Gasteiger partial charge in [-0.15, -0.1) is 0 Å². The molecule has 0 spiro atoms. The Morgan fingerprint density at radius 3 is 2.83 bits per heavy atom. The van der Waals surface area contributed by atoms with E-state index >= 15 is 0 Å². The van der Waals surface area contributed by atoms with Crippen LogP contribution >= 0.6 is 15.9 Å². The highest BCUT2D eigenvalue weighted by atomic mass is 79.9. The molecule has 0 radical (unpaired) electrons. The topological polar surface area (TPSA) is 114 Å². The second-order valence-corrected chi connectivity index (χ2v) is 4.24. The van der Waals surface area contributed by atoms with E-state index < -0.39 is 5.91 Å². The highest BCUT2D eigenvalue weighted by Gasteiger charge is 2.19. The number of aromatic hydroxyl groups is 1. The number of rotatable bonds is 3. The summed E-state index contributed by atoms with van der Waals surface area (Å²) in [7, 11) is 1.44. The first-order valence-electron chi connectivity index (χ1n) is 4.82. The average Bonchev–Trinajstić information content (AvgIpc) is 2.80. The number of methoxy groups -OCH3 is 1. The van der Waals surface area contributed by atoms with Crippen molar-refractivity contribution in [3.05, 3.63) is 22.3 Å². The molecule has 7 nitrogen and oxygen atoms in total. The van der Waals surface area contributed by atoms with Crippen molar-refractivity contribution >= 4 is 21.8 Å². The summed E-state index contributed by atoms with van der Waals surface area (Å²) >= 11 is 3.30. The molecule has 1 aromatic carbocycles. The molecule has 0 saturated carbocycles. The van der Waals surface area contributed by atoms with Gasteiger partial charge in [0.25, 0.3) is 5.91 Å². The summed E-state index contributed by atoms with van der Waals surface area (Å²) in [6.07, 6.45) is 0. The maximum absolute atomic E-state index is 11.2. The molecule has 1 aromatic heterocycles. The van der Waals surface area contributed by atoms with E-state index in [0.29, 0.717) is 15.8 Å². The van der Waals surface area contributed by atoms with Crippen LogP contribution in [-0.4, -0.2) is 33.5 Å². The van der Waals surface area contributed by atoms with Crippen molar-refractivity contribution in [3.63, 3.8) is 0 Å². The van der Waals surface area contributed by atoms with E-state index in [9.17, 15) is 9.90 Å². The number of primary amides is 1. The lowest BCUT2D eigenvalue weighted by Crippen LogP contribution is -2.12. The second-order valence-electron chi connectivity index (χ2n) is 3.39. The van der Waals surface area contributed by atoms with E-state index in [4.69, 9.17) is 10.5 Å². The molecule has 0 unspecified atom stereocenters. The molecule has 0 atom stereocenters. The molecular formula is C10H9BrN4O3. The van der Waals surface area contributed by atoms with Crippen LogP contribution in [0.4, 0.5) is 0 Å². The maximum atomic E-state index is 11.2. The fraction of sp³-hybridized carbons (Fsp3) is 0.100. The summed E-state index contributed by atoms with van der Waals surface area (Å²) in [4.78, 5) is 11.2. The predicted molar refractivity (Wildman–Crippen MR) is 66.3 cm³/mol. The van der Waals surface area contributed by atoms with Crippen LogP contribution in [-0.2, 0) is 0 Å². The molecule has 0 aliphatic heterocycles. The van der Waals surface area contributed by atoms with Crippen molar-refractivity contribution in [1.29, 1.82) is 0 Å². The molecule has 18 heavy (non-hydrogen) atoms. The third-order valence-corrected chi connectivity index (χ3v) is 2.96. The van der Waals surface area contributed by atoms with Gasteiger partial charge in [-0.05, 0) is 28.1 Å². The van der Waals surface area contributed by atoms with Gasteiger partial charge < -0.3 is 15.6 Å². The summed E-state index contributed by atoms with van der Waals surface area (Å²) in [5, 5.41) is 19.5. The van der Waals surface area contributed by atoms with E-state index in [0.717, 1.165) is 0 Å². The molecule has 0 saturated heterocycles. The van der Waals surface area contributed by atoms with E-state index in [2.05, 4.69) is 31.3 Å². The fourth-order valence-electron chi connectivity index (χ4n) is 1.48. The van der Waals surface area contributed by atoms with Gasteiger partial charge in [-0.25, -0.2) is 0 Å². The van der Waals surface area contributed by atoms with Crippen LogP contribution in [0.3, 0.4) is 0 Å². The van der Waals surface area contributed by atoms with E-state index in [1.165, 1.54) is 13.2 Å². The number of amides is 1. The number of nitrogens with two attached hydrogens (primary N) is 1. The number of halogens is 1. The van der Waals surface area contributed by atoms with Gasteiger partial charge in [-0.3, -0.25) is 4.79 Å². The van der Waals surface area contributed by atoms with Crippen molar-refractivity contribution in [2.45, 2.75) is 0 Å². The molecule has 4 N–H and O–H groups in total. The first kappa shape index (κ1) is 12.4. The molecule has 0 aliphatic carbocycles. The standard InChI is InChI=1S/C10H9BrN4O3/c1-18-7-3-5(11)4(2-6(7)16)8-9(10(12)17)14-15-13-8/h2-3,16H,1H3,(H2,12,17)(H,13,14,15). The number of aromatic amines is 1. The van der Waals surface area contributed by atoms with Gasteiger partial charge in [-0.2, -0.15) is 15.4 Å². The largest absolute Gasteiger partial charge is 0.504 e. The van der Waals surface area contributed by atoms with Crippen LogP contribution in [0.15, 0.2) is 16.6 Å². The number of hydrogen-bond acceptors (Lipinski definition) is 5. The number of hydrogen-bond donors (Lipinski definition) is 3. The molecular weight excluding hydrogens is 304 g/mol. The third-order valence-electron chi connectivity index (χ3n) is 2.30. The number of aromatic nitrogens is 3. The Bertz CT molecular complexity index is 611. The van der Waals surface area contributed by atoms with Gasteiger partial charge >= 0.3 is 0 Å². The van der Waals surface area contributed by atoms with Crippen LogP contribution in [0.5, 0.6) is 11.5 Å². The molecule has 1 heterocycles. The minimum atomic E-state index is -0.707. The second kappa shape index (κ2) is 4.65. The van der Waals surface area contributed by atoms with E-state index in [-0.39, 0.29) is 17.1 Å². The zero-order chi connectivity index (χ0) is 13.3. The highest BCUT2D eigenvalue weighted by Crippen LogP contribution is 2.37. The smallest absolute Gasteiger partial charge is 0.271 e. The minimum Gasteiger partial charge on any atom is -0.504 e. The molecule has 2 rings (SSSR count). The molecule has 94 valence electrons. The van der Waals surface area contributed by atoms with Gasteiger partial charge in [0.1, 0.15) is 5.69 Å².